The topological polar surface area (TPSA) is 69.2 Å². The lowest BCUT2D eigenvalue weighted by Gasteiger charge is -2.35. The van der Waals surface area contributed by atoms with Crippen molar-refractivity contribution in [3.63, 3.8) is 0 Å². The Hall–Kier alpha value is -3.38. The minimum atomic E-state index is 0.449. The SMILES string of the molecule is Nc1ncnc2c1c(-c1ccc(Oc3ccccc3)cc1)cn2[C@H]1CC[C@H](N2CCCC2)CC1. The summed E-state index contributed by atoms with van der Waals surface area (Å²) < 4.78 is 8.33. The van der Waals surface area contributed by atoms with E-state index >= 15 is 0 Å². The van der Waals surface area contributed by atoms with Gasteiger partial charge in [-0.05, 0) is 81.4 Å². The zero-order valence-electron chi connectivity index (χ0n) is 19.4. The molecule has 2 N–H and O–H groups in total. The summed E-state index contributed by atoms with van der Waals surface area (Å²) in [7, 11) is 0. The zero-order chi connectivity index (χ0) is 22.9. The molecule has 0 amide bonds. The molecular formula is C28H31N5O. The second kappa shape index (κ2) is 9.11. The summed E-state index contributed by atoms with van der Waals surface area (Å²) in [6.45, 7) is 2.55. The van der Waals surface area contributed by atoms with Crippen molar-refractivity contribution in [2.45, 2.75) is 50.6 Å². The van der Waals surface area contributed by atoms with Crippen LogP contribution in [0.4, 0.5) is 5.82 Å². The highest BCUT2D eigenvalue weighted by Crippen LogP contribution is 2.39. The minimum absolute atomic E-state index is 0.449. The van der Waals surface area contributed by atoms with Gasteiger partial charge in [-0.25, -0.2) is 9.97 Å². The number of hydrogen-bond donors (Lipinski definition) is 1. The molecule has 1 aliphatic heterocycles. The summed E-state index contributed by atoms with van der Waals surface area (Å²) in [5.74, 6) is 2.17. The maximum absolute atomic E-state index is 6.38. The molecule has 3 heterocycles. The molecule has 1 saturated carbocycles. The van der Waals surface area contributed by atoms with Gasteiger partial charge in [0, 0.05) is 23.8 Å². The number of likely N-dealkylation sites (tertiary alicyclic amines) is 1. The van der Waals surface area contributed by atoms with Gasteiger partial charge in [0.2, 0.25) is 0 Å². The summed E-state index contributed by atoms with van der Waals surface area (Å²) in [6, 6.07) is 19.2. The molecule has 0 atom stereocenters. The lowest BCUT2D eigenvalue weighted by molar-refractivity contribution is 0.167. The van der Waals surface area contributed by atoms with Crippen LogP contribution in [0.1, 0.15) is 44.6 Å². The predicted octanol–water partition coefficient (Wildman–Crippen LogP) is 6.05. The number of aromatic nitrogens is 3. The number of rotatable bonds is 5. The first-order chi connectivity index (χ1) is 16.8. The van der Waals surface area contributed by atoms with Crippen LogP contribution in [-0.2, 0) is 0 Å². The molecule has 0 spiro atoms. The fourth-order valence-electron chi connectivity index (χ4n) is 5.74. The van der Waals surface area contributed by atoms with Gasteiger partial charge in [-0.3, -0.25) is 0 Å². The first kappa shape index (κ1) is 21.2. The molecule has 6 heteroatoms. The quantitative estimate of drug-likeness (QED) is 0.398. The van der Waals surface area contributed by atoms with E-state index in [1.165, 1.54) is 51.6 Å². The number of ether oxygens (including phenoxy) is 1. The third-order valence-corrected chi connectivity index (χ3v) is 7.50. The van der Waals surface area contributed by atoms with Crippen molar-refractivity contribution in [2.24, 2.45) is 0 Å². The van der Waals surface area contributed by atoms with Crippen molar-refractivity contribution in [2.75, 3.05) is 18.8 Å². The third-order valence-electron chi connectivity index (χ3n) is 7.50. The second-order valence-corrected chi connectivity index (χ2v) is 9.55. The van der Waals surface area contributed by atoms with Gasteiger partial charge in [-0.1, -0.05) is 30.3 Å². The second-order valence-electron chi connectivity index (χ2n) is 9.55. The van der Waals surface area contributed by atoms with Crippen LogP contribution in [0.2, 0.25) is 0 Å². The summed E-state index contributed by atoms with van der Waals surface area (Å²) >= 11 is 0. The van der Waals surface area contributed by atoms with Crippen LogP contribution in [0.15, 0.2) is 67.1 Å². The highest BCUT2D eigenvalue weighted by Gasteiger charge is 2.29. The monoisotopic (exact) mass is 453 g/mol. The molecule has 4 aromatic rings. The molecule has 1 aliphatic carbocycles. The average molecular weight is 454 g/mol. The molecule has 0 unspecified atom stereocenters. The van der Waals surface area contributed by atoms with Crippen LogP contribution in [0.25, 0.3) is 22.2 Å². The van der Waals surface area contributed by atoms with E-state index < -0.39 is 0 Å². The van der Waals surface area contributed by atoms with Gasteiger partial charge in [0.15, 0.2) is 0 Å². The smallest absolute Gasteiger partial charge is 0.146 e. The van der Waals surface area contributed by atoms with Crippen LogP contribution >= 0.6 is 0 Å². The molecule has 174 valence electrons. The van der Waals surface area contributed by atoms with Gasteiger partial charge >= 0.3 is 0 Å². The Bertz CT molecular complexity index is 1250. The van der Waals surface area contributed by atoms with Crippen molar-refractivity contribution in [1.29, 1.82) is 0 Å². The molecule has 0 bridgehead atoms. The number of nitrogen functional groups attached to an aromatic ring is 1. The van der Waals surface area contributed by atoms with Gasteiger partial charge in [0.05, 0.1) is 5.39 Å². The van der Waals surface area contributed by atoms with Crippen LogP contribution in [0, 0.1) is 0 Å². The molecule has 0 radical (unpaired) electrons. The maximum Gasteiger partial charge on any atom is 0.146 e. The van der Waals surface area contributed by atoms with E-state index in [1.807, 2.05) is 42.5 Å². The van der Waals surface area contributed by atoms with Crippen LogP contribution < -0.4 is 10.5 Å². The van der Waals surface area contributed by atoms with E-state index in [1.54, 1.807) is 6.33 Å². The molecule has 2 aromatic heterocycles. The Kier molecular flexibility index (Phi) is 5.67. The van der Waals surface area contributed by atoms with E-state index in [2.05, 4.69) is 37.8 Å². The van der Waals surface area contributed by atoms with E-state index in [0.29, 0.717) is 11.9 Å². The Balaban J connectivity index is 1.28. The summed E-state index contributed by atoms with van der Waals surface area (Å²) in [4.78, 5) is 11.7. The van der Waals surface area contributed by atoms with Crippen molar-refractivity contribution in [1.82, 2.24) is 19.4 Å². The van der Waals surface area contributed by atoms with Gasteiger partial charge in [-0.2, -0.15) is 0 Å². The number of benzene rings is 2. The molecule has 6 nitrogen and oxygen atoms in total. The van der Waals surface area contributed by atoms with Gasteiger partial charge in [0.1, 0.15) is 29.3 Å². The van der Waals surface area contributed by atoms with Crippen LogP contribution in [0.3, 0.4) is 0 Å². The van der Waals surface area contributed by atoms with E-state index in [-0.39, 0.29) is 0 Å². The van der Waals surface area contributed by atoms with Crippen molar-refractivity contribution in [3.8, 4) is 22.6 Å². The van der Waals surface area contributed by atoms with Crippen molar-refractivity contribution in [3.05, 3.63) is 67.1 Å². The molecule has 2 aliphatic rings. The maximum atomic E-state index is 6.38. The number of para-hydroxylation sites is 1. The normalized spacial score (nSPS) is 21.2. The van der Waals surface area contributed by atoms with E-state index in [9.17, 15) is 0 Å². The van der Waals surface area contributed by atoms with Gasteiger partial charge in [0.25, 0.3) is 0 Å². The molecule has 2 fully saturated rings. The first-order valence-electron chi connectivity index (χ1n) is 12.4. The van der Waals surface area contributed by atoms with Crippen LogP contribution in [0.5, 0.6) is 11.5 Å². The third kappa shape index (κ3) is 4.03. The van der Waals surface area contributed by atoms with E-state index in [0.717, 1.165) is 39.7 Å². The fraction of sp³-hybridized carbons (Fsp3) is 0.357. The highest BCUT2D eigenvalue weighted by molar-refractivity contribution is 6.00. The summed E-state index contributed by atoms with van der Waals surface area (Å²) in [6.07, 6.45) is 11.4. The first-order valence-corrected chi connectivity index (χ1v) is 12.4. The predicted molar refractivity (Wildman–Crippen MR) is 136 cm³/mol. The Morgan fingerprint density at radius 1 is 0.794 bits per heavy atom. The molecule has 6 rings (SSSR count). The lowest BCUT2D eigenvalue weighted by Crippen LogP contribution is -2.36. The number of fused-ring (bicyclic) bond motifs is 1. The fourth-order valence-corrected chi connectivity index (χ4v) is 5.74. The molecular weight excluding hydrogens is 422 g/mol. The number of hydrogen-bond acceptors (Lipinski definition) is 5. The summed E-state index contributed by atoms with van der Waals surface area (Å²) in [5.41, 5.74) is 9.50. The Morgan fingerprint density at radius 3 is 2.21 bits per heavy atom. The van der Waals surface area contributed by atoms with Crippen molar-refractivity contribution < 1.29 is 4.74 Å². The number of nitrogens with zero attached hydrogens (tertiary/aromatic N) is 4. The van der Waals surface area contributed by atoms with E-state index in [4.69, 9.17) is 10.5 Å². The Morgan fingerprint density at radius 2 is 1.47 bits per heavy atom. The van der Waals surface area contributed by atoms with Crippen molar-refractivity contribution >= 4 is 16.9 Å². The van der Waals surface area contributed by atoms with Gasteiger partial charge < -0.3 is 19.9 Å². The molecule has 34 heavy (non-hydrogen) atoms. The number of nitrogens with two attached hydrogens (primary N) is 1. The largest absolute Gasteiger partial charge is 0.457 e. The molecule has 2 aromatic carbocycles. The average Bonchev–Trinajstić information content (AvgIpc) is 3.55. The Labute approximate surface area is 200 Å². The zero-order valence-corrected chi connectivity index (χ0v) is 19.4. The van der Waals surface area contributed by atoms with Gasteiger partial charge in [-0.15, -0.1) is 0 Å². The standard InChI is InChI=1S/C28H31N5O/c29-27-26-25(20-8-14-24(15-9-20)34-23-6-2-1-3-7-23)18-33(28(26)31-19-30-27)22-12-10-21(11-13-22)32-16-4-5-17-32/h1-3,6-9,14-15,18-19,21-22H,4-5,10-13,16-17H2,(H2,29,30,31)/t21-,22-. The van der Waals surface area contributed by atoms with Crippen LogP contribution in [-0.4, -0.2) is 38.6 Å². The summed E-state index contributed by atoms with van der Waals surface area (Å²) in [5, 5.41) is 0.945. The lowest BCUT2D eigenvalue weighted by atomic mass is 9.90. The molecule has 1 saturated heterocycles. The number of anilines is 1. The minimum Gasteiger partial charge on any atom is -0.457 e. The highest BCUT2D eigenvalue weighted by atomic mass is 16.5.